The van der Waals surface area contributed by atoms with Crippen molar-refractivity contribution in [3.63, 3.8) is 0 Å². The number of Topliss-reactive ketones (excluding diaryl/α,β-unsaturated/α-hetero) is 1. The summed E-state index contributed by atoms with van der Waals surface area (Å²) >= 11 is 1.15. The van der Waals surface area contributed by atoms with Gasteiger partial charge in [0.2, 0.25) is 0 Å². The zero-order valence-electron chi connectivity index (χ0n) is 15.6. The van der Waals surface area contributed by atoms with Gasteiger partial charge in [0.05, 0.1) is 32.1 Å². The Kier molecular flexibility index (Phi) is 6.79. The summed E-state index contributed by atoms with van der Waals surface area (Å²) in [6, 6.07) is 5.07. The molecule has 0 saturated carbocycles. The minimum absolute atomic E-state index is 0.252. The van der Waals surface area contributed by atoms with E-state index in [4.69, 9.17) is 14.2 Å². The molecule has 1 heterocycles. The number of hydrogen-bond acceptors (Lipinski definition) is 7. The van der Waals surface area contributed by atoms with Crippen LogP contribution in [0.5, 0.6) is 11.5 Å². The molecule has 1 aromatic heterocycles. The van der Waals surface area contributed by atoms with E-state index < -0.39 is 29.6 Å². The molecule has 0 saturated heterocycles. The lowest BCUT2D eigenvalue weighted by Crippen LogP contribution is -2.36. The molecule has 2 atom stereocenters. The van der Waals surface area contributed by atoms with Crippen LogP contribution in [-0.2, 0) is 14.3 Å². The molecule has 1 aromatic carbocycles. The van der Waals surface area contributed by atoms with Crippen LogP contribution in [0.3, 0.4) is 0 Å². The summed E-state index contributed by atoms with van der Waals surface area (Å²) in [7, 11) is 4.20. The summed E-state index contributed by atoms with van der Waals surface area (Å²) in [6.07, 6.45) is 0.805. The van der Waals surface area contributed by atoms with Crippen molar-refractivity contribution >= 4 is 39.1 Å². The summed E-state index contributed by atoms with van der Waals surface area (Å²) < 4.78 is 16.0. The minimum Gasteiger partial charge on any atom is -0.493 e. The zero-order chi connectivity index (χ0) is 20.1. The normalized spacial score (nSPS) is 13.0. The molecule has 2 aromatic rings. The summed E-state index contributed by atoms with van der Waals surface area (Å²) in [6.45, 7) is 1.82. The maximum Gasteiger partial charge on any atom is 0.315 e. The molecule has 0 aliphatic rings. The smallest absolute Gasteiger partial charge is 0.315 e. The van der Waals surface area contributed by atoms with Crippen molar-refractivity contribution in [1.29, 1.82) is 0 Å². The van der Waals surface area contributed by atoms with Crippen molar-refractivity contribution in [1.82, 2.24) is 0 Å². The number of fused-ring (bicyclic) bond motifs is 1. The Hall–Kier alpha value is -2.61. The van der Waals surface area contributed by atoms with E-state index in [1.165, 1.54) is 21.3 Å². The number of carbonyl (C=O) groups is 3. The molecular formula is C19H22O7S. The third-order valence-electron chi connectivity index (χ3n) is 4.32. The number of ketones is 1. The molecule has 0 aliphatic carbocycles. The largest absolute Gasteiger partial charge is 0.493 e. The maximum atomic E-state index is 13.0. The first-order valence-electron chi connectivity index (χ1n) is 8.38. The molecule has 2 unspecified atom stereocenters. The quantitative estimate of drug-likeness (QED) is 0.395. The van der Waals surface area contributed by atoms with Crippen LogP contribution in [0.4, 0.5) is 0 Å². The molecule has 2 rings (SSSR count). The first kappa shape index (κ1) is 20.7. The van der Waals surface area contributed by atoms with Gasteiger partial charge in [-0.15, -0.1) is 11.3 Å². The summed E-state index contributed by atoms with van der Waals surface area (Å²) in [4.78, 5) is 37.1. The van der Waals surface area contributed by atoms with E-state index in [2.05, 4.69) is 0 Å². The van der Waals surface area contributed by atoms with E-state index in [-0.39, 0.29) is 11.3 Å². The molecule has 0 bridgehead atoms. The first-order chi connectivity index (χ1) is 12.9. The fourth-order valence-corrected chi connectivity index (χ4v) is 4.04. The third-order valence-corrected chi connectivity index (χ3v) is 5.43. The Morgan fingerprint density at radius 1 is 1.07 bits per heavy atom. The Balaban J connectivity index is 2.48. The Morgan fingerprint density at radius 2 is 1.70 bits per heavy atom. The average molecular weight is 394 g/mol. The van der Waals surface area contributed by atoms with Crippen LogP contribution in [0.25, 0.3) is 10.1 Å². The number of carbonyl (C=O) groups excluding carboxylic acids is 2. The number of carboxylic acid groups (broad SMARTS) is 1. The first-order valence-corrected chi connectivity index (χ1v) is 9.19. The predicted octanol–water partition coefficient (Wildman–Crippen LogP) is 3.39. The molecule has 0 amide bonds. The Bertz CT molecular complexity index is 814. The maximum absolute atomic E-state index is 13.0. The third kappa shape index (κ3) is 4.21. The second-order valence-electron chi connectivity index (χ2n) is 5.95. The van der Waals surface area contributed by atoms with Gasteiger partial charge < -0.3 is 19.3 Å². The van der Waals surface area contributed by atoms with Gasteiger partial charge in [0.15, 0.2) is 17.3 Å². The molecule has 146 valence electrons. The standard InChI is InChI=1S/C19H22O7S/c1-5-6-11(19(23)26-4)16(18(21)22)17(20)15-8-10-7-12(24-2)13(25-3)9-14(10)27-15/h7-9,11,16H,5-6H2,1-4H3,(H,21,22). The second kappa shape index (κ2) is 8.85. The molecule has 0 fully saturated rings. The van der Waals surface area contributed by atoms with Gasteiger partial charge in [-0.2, -0.15) is 0 Å². The highest BCUT2D eigenvalue weighted by molar-refractivity contribution is 7.20. The van der Waals surface area contributed by atoms with E-state index in [1.54, 1.807) is 18.2 Å². The number of aliphatic carboxylic acids is 1. The topological polar surface area (TPSA) is 99.1 Å². The van der Waals surface area contributed by atoms with Crippen LogP contribution in [-0.4, -0.2) is 44.2 Å². The van der Waals surface area contributed by atoms with E-state index >= 15 is 0 Å². The number of esters is 1. The fourth-order valence-electron chi connectivity index (χ4n) is 2.99. The molecule has 7 nitrogen and oxygen atoms in total. The number of hydrogen-bond donors (Lipinski definition) is 1. The molecule has 1 N–H and O–H groups in total. The van der Waals surface area contributed by atoms with Crippen molar-refractivity contribution in [3.8, 4) is 11.5 Å². The summed E-state index contributed by atoms with van der Waals surface area (Å²) in [5, 5.41) is 10.4. The van der Waals surface area contributed by atoms with Crippen molar-refractivity contribution in [2.24, 2.45) is 11.8 Å². The number of rotatable bonds is 9. The van der Waals surface area contributed by atoms with E-state index in [0.717, 1.165) is 21.4 Å². The minimum atomic E-state index is -1.49. The van der Waals surface area contributed by atoms with Crippen LogP contribution < -0.4 is 9.47 Å². The van der Waals surface area contributed by atoms with E-state index in [9.17, 15) is 19.5 Å². The molecule has 8 heteroatoms. The lowest BCUT2D eigenvalue weighted by atomic mass is 9.84. The number of thiophene rings is 1. The SMILES string of the molecule is CCCC(C(=O)OC)C(C(=O)O)C(=O)c1cc2cc(OC)c(OC)cc2s1. The van der Waals surface area contributed by atoms with E-state index in [0.29, 0.717) is 17.9 Å². The van der Waals surface area contributed by atoms with E-state index in [1.807, 2.05) is 6.92 Å². The molecule has 27 heavy (non-hydrogen) atoms. The summed E-state index contributed by atoms with van der Waals surface area (Å²) in [5.74, 6) is -4.13. The van der Waals surface area contributed by atoms with Crippen LogP contribution in [0.15, 0.2) is 18.2 Å². The molecule has 0 radical (unpaired) electrons. The van der Waals surface area contributed by atoms with Crippen molar-refractivity contribution in [2.45, 2.75) is 19.8 Å². The monoisotopic (exact) mass is 394 g/mol. The van der Waals surface area contributed by atoms with Gasteiger partial charge in [0.25, 0.3) is 0 Å². The van der Waals surface area contributed by atoms with Gasteiger partial charge >= 0.3 is 11.9 Å². The highest BCUT2D eigenvalue weighted by atomic mass is 32.1. The number of methoxy groups -OCH3 is 3. The highest BCUT2D eigenvalue weighted by Crippen LogP contribution is 2.37. The van der Waals surface area contributed by atoms with Gasteiger partial charge in [-0.05, 0) is 23.9 Å². The number of ether oxygens (including phenoxy) is 3. The zero-order valence-corrected chi connectivity index (χ0v) is 16.4. The molecule has 0 spiro atoms. The van der Waals surface area contributed by atoms with Crippen LogP contribution >= 0.6 is 11.3 Å². The molecule has 0 aliphatic heterocycles. The van der Waals surface area contributed by atoms with Gasteiger partial charge in [0.1, 0.15) is 5.92 Å². The van der Waals surface area contributed by atoms with Crippen molar-refractivity contribution in [2.75, 3.05) is 21.3 Å². The second-order valence-corrected chi connectivity index (χ2v) is 7.04. The lowest BCUT2D eigenvalue weighted by molar-refractivity contribution is -0.154. The van der Waals surface area contributed by atoms with Crippen LogP contribution in [0.1, 0.15) is 29.4 Å². The average Bonchev–Trinajstić information content (AvgIpc) is 3.08. The van der Waals surface area contributed by atoms with Gasteiger partial charge in [-0.1, -0.05) is 13.3 Å². The predicted molar refractivity (Wildman–Crippen MR) is 101 cm³/mol. The fraction of sp³-hybridized carbons (Fsp3) is 0.421. The van der Waals surface area contributed by atoms with Gasteiger partial charge in [-0.25, -0.2) is 0 Å². The number of benzene rings is 1. The van der Waals surface area contributed by atoms with Gasteiger partial charge in [0, 0.05) is 10.8 Å². The van der Waals surface area contributed by atoms with Crippen LogP contribution in [0.2, 0.25) is 0 Å². The Morgan fingerprint density at radius 3 is 2.22 bits per heavy atom. The van der Waals surface area contributed by atoms with Crippen LogP contribution in [0, 0.1) is 11.8 Å². The summed E-state index contributed by atoms with van der Waals surface area (Å²) in [5.41, 5.74) is 0. The van der Waals surface area contributed by atoms with Gasteiger partial charge in [-0.3, -0.25) is 14.4 Å². The number of carboxylic acids is 1. The molecular weight excluding hydrogens is 372 g/mol. The highest BCUT2D eigenvalue weighted by Gasteiger charge is 2.40. The lowest BCUT2D eigenvalue weighted by Gasteiger charge is -2.19. The van der Waals surface area contributed by atoms with Crippen molar-refractivity contribution in [3.05, 3.63) is 23.1 Å². The van der Waals surface area contributed by atoms with Crippen molar-refractivity contribution < 1.29 is 33.7 Å². The Labute approximate surface area is 160 Å².